The summed E-state index contributed by atoms with van der Waals surface area (Å²) in [5.41, 5.74) is 0.288. The van der Waals surface area contributed by atoms with Crippen molar-refractivity contribution in [3.8, 4) is 11.8 Å². The molecule has 1 N–H and O–H groups in total. The molecule has 0 saturated carbocycles. The van der Waals surface area contributed by atoms with Gasteiger partial charge in [-0.15, -0.1) is 12.2 Å². The van der Waals surface area contributed by atoms with Crippen LogP contribution in [-0.4, -0.2) is 24.2 Å². The first-order chi connectivity index (χ1) is 10.6. The second-order valence-corrected chi connectivity index (χ2v) is 5.76. The number of rotatable bonds is 1. The minimum atomic E-state index is -4.98. The Labute approximate surface area is 148 Å². The number of hydrogen-bond donors (Lipinski definition) is 1. The molecule has 8 heteroatoms. The molecule has 1 aromatic rings. The van der Waals surface area contributed by atoms with Gasteiger partial charge in [0.1, 0.15) is 5.82 Å². The van der Waals surface area contributed by atoms with E-state index in [2.05, 4.69) is 17.2 Å². The number of amides is 1. The van der Waals surface area contributed by atoms with Crippen LogP contribution in [0.5, 0.6) is 0 Å². The normalized spacial score (nSPS) is 13.6. The van der Waals surface area contributed by atoms with Gasteiger partial charge in [-0.1, -0.05) is 18.3 Å². The topological polar surface area (TPSA) is 43.2 Å². The van der Waals surface area contributed by atoms with E-state index in [4.69, 9.17) is 0 Å². The van der Waals surface area contributed by atoms with Crippen LogP contribution in [0.15, 0.2) is 12.1 Å². The molecule has 1 amide bonds. The first-order valence-corrected chi connectivity index (χ1v) is 7.01. The first kappa shape index (κ1) is 20.3. The van der Waals surface area contributed by atoms with Crippen molar-refractivity contribution in [3.05, 3.63) is 34.4 Å². The van der Waals surface area contributed by atoms with Gasteiger partial charge in [0.2, 0.25) is 0 Å². The van der Waals surface area contributed by atoms with Crippen LogP contribution in [0.3, 0.4) is 0 Å². The third-order valence-electron chi connectivity index (χ3n) is 3.25. The van der Waals surface area contributed by atoms with Gasteiger partial charge in [0.15, 0.2) is 0 Å². The summed E-state index contributed by atoms with van der Waals surface area (Å²) in [6, 6.07) is 2.55. The van der Waals surface area contributed by atoms with Gasteiger partial charge >= 0.3 is 12.1 Å². The summed E-state index contributed by atoms with van der Waals surface area (Å²) in [4.78, 5) is 11.0. The number of carbonyl (C=O) groups excluding carboxylic acids is 1. The Balaban J connectivity index is 0.00000288. The van der Waals surface area contributed by atoms with Crippen molar-refractivity contribution in [1.29, 1.82) is 0 Å². The maximum Gasteiger partial charge on any atom is 0.471 e. The van der Waals surface area contributed by atoms with Crippen LogP contribution in [0, 0.1) is 17.7 Å². The largest absolute Gasteiger partial charge is 0.684 e. The van der Waals surface area contributed by atoms with E-state index in [1.807, 2.05) is 0 Å². The van der Waals surface area contributed by atoms with Crippen LogP contribution in [0.4, 0.5) is 23.2 Å². The fourth-order valence-corrected chi connectivity index (χ4v) is 2.20. The van der Waals surface area contributed by atoms with E-state index in [0.29, 0.717) is 24.2 Å². The Morgan fingerprint density at radius 3 is 2.58 bits per heavy atom. The number of halogens is 4. The van der Waals surface area contributed by atoms with Crippen LogP contribution in [0.25, 0.3) is 5.32 Å². The molecule has 1 radical (unpaired) electrons. The van der Waals surface area contributed by atoms with Gasteiger partial charge in [-0.2, -0.15) is 13.2 Å². The van der Waals surface area contributed by atoms with Crippen molar-refractivity contribution in [2.45, 2.75) is 38.4 Å². The molecule has 2 rings (SSSR count). The van der Waals surface area contributed by atoms with Gasteiger partial charge in [-0.05, 0) is 38.0 Å². The molecule has 0 aliphatic carbocycles. The fraction of sp³-hybridized carbons (Fsp3) is 0.438. The van der Waals surface area contributed by atoms with Crippen molar-refractivity contribution in [3.63, 3.8) is 0 Å². The summed E-state index contributed by atoms with van der Waals surface area (Å²) in [7, 11) is 0. The molecule has 0 saturated heterocycles. The smallest absolute Gasteiger partial charge is 0.471 e. The number of benzene rings is 1. The second-order valence-electron chi connectivity index (χ2n) is 5.76. The summed E-state index contributed by atoms with van der Waals surface area (Å²) in [6.07, 6.45) is -3.49. The van der Waals surface area contributed by atoms with E-state index in [1.54, 1.807) is 5.32 Å². The second kappa shape index (κ2) is 7.45. The first-order valence-electron chi connectivity index (χ1n) is 7.01. The van der Waals surface area contributed by atoms with Crippen LogP contribution in [0.2, 0.25) is 0 Å². The molecule has 1 aliphatic heterocycles. The Kier molecular flexibility index (Phi) is 6.32. The van der Waals surface area contributed by atoms with Gasteiger partial charge in [0, 0.05) is 22.6 Å². The summed E-state index contributed by atoms with van der Waals surface area (Å²) in [5, 5.41) is 6.02. The average Bonchev–Trinajstić information content (AvgIpc) is 2.43. The molecule has 0 fully saturated rings. The van der Waals surface area contributed by atoms with Crippen molar-refractivity contribution < 1.29 is 39.4 Å². The maximum absolute atomic E-state index is 13.6. The van der Waals surface area contributed by atoms with Crippen LogP contribution in [0.1, 0.15) is 31.4 Å². The maximum atomic E-state index is 13.6. The number of nitrogens with zero attached hydrogens (tertiary/aromatic N) is 1. The molecular weight excluding hydrogens is 367 g/mol. The zero-order chi connectivity index (χ0) is 17.3. The number of hydrogen-bond acceptors (Lipinski definition) is 1. The Hall–Kier alpha value is -1.71. The Morgan fingerprint density at radius 1 is 1.29 bits per heavy atom. The van der Waals surface area contributed by atoms with Gasteiger partial charge in [-0.3, -0.25) is 4.79 Å². The molecule has 3 nitrogen and oxygen atoms in total. The molecular formula is C16H15F4MnN2O-. The van der Waals surface area contributed by atoms with Gasteiger partial charge < -0.3 is 10.6 Å². The number of alkyl halides is 3. The molecule has 1 aliphatic rings. The number of carbonyl (C=O) groups is 1. The zero-order valence-electron chi connectivity index (χ0n) is 13.0. The van der Waals surface area contributed by atoms with E-state index in [1.165, 1.54) is 26.0 Å². The van der Waals surface area contributed by atoms with Gasteiger partial charge in [-0.25, -0.2) is 4.39 Å². The van der Waals surface area contributed by atoms with E-state index in [-0.39, 0.29) is 17.1 Å². The third kappa shape index (κ3) is 5.15. The van der Waals surface area contributed by atoms with Crippen molar-refractivity contribution in [2.24, 2.45) is 0 Å². The minimum absolute atomic E-state index is 0. The van der Waals surface area contributed by atoms with Gasteiger partial charge in [0.05, 0.1) is 5.54 Å². The van der Waals surface area contributed by atoms with E-state index >= 15 is 0 Å². The molecule has 1 heterocycles. The van der Waals surface area contributed by atoms with Crippen molar-refractivity contribution in [2.75, 3.05) is 6.54 Å². The summed E-state index contributed by atoms with van der Waals surface area (Å²) >= 11 is 0. The van der Waals surface area contributed by atoms with Crippen molar-refractivity contribution in [1.82, 2.24) is 5.32 Å². The Bertz CT molecular complexity index is 690. The average molecular weight is 382 g/mol. The predicted octanol–water partition coefficient (Wildman–Crippen LogP) is 3.58. The number of fused-ring (bicyclic) bond motifs is 1. The summed E-state index contributed by atoms with van der Waals surface area (Å²) in [5.74, 6) is 2.68. The molecule has 1 aromatic carbocycles. The molecule has 24 heavy (non-hydrogen) atoms. The Morgan fingerprint density at radius 2 is 1.96 bits per heavy atom. The predicted molar refractivity (Wildman–Crippen MR) is 77.8 cm³/mol. The summed E-state index contributed by atoms with van der Waals surface area (Å²) < 4.78 is 50.5. The zero-order valence-corrected chi connectivity index (χ0v) is 14.2. The van der Waals surface area contributed by atoms with E-state index in [0.717, 1.165) is 12.0 Å². The van der Waals surface area contributed by atoms with E-state index in [9.17, 15) is 22.4 Å². The molecule has 131 valence electrons. The van der Waals surface area contributed by atoms with Crippen LogP contribution >= 0.6 is 0 Å². The molecule has 0 spiro atoms. The third-order valence-corrected chi connectivity index (χ3v) is 3.25. The monoisotopic (exact) mass is 382 g/mol. The fourth-order valence-electron chi connectivity index (χ4n) is 2.20. The van der Waals surface area contributed by atoms with Gasteiger partial charge in [0.25, 0.3) is 0 Å². The summed E-state index contributed by atoms with van der Waals surface area (Å²) in [6.45, 7) is 3.30. The van der Waals surface area contributed by atoms with Crippen LogP contribution in [-0.2, 0) is 28.3 Å². The molecule has 0 aromatic heterocycles. The molecule has 0 atom stereocenters. The van der Waals surface area contributed by atoms with E-state index < -0.39 is 23.4 Å². The SMILES string of the molecule is CC(C)(C#Cc1cc(F)cc2c1CCC[N-]2)NC(=O)C(F)(F)F.[Mn]. The quantitative estimate of drug-likeness (QED) is 0.450. The van der Waals surface area contributed by atoms with Crippen molar-refractivity contribution >= 4 is 11.6 Å². The minimum Gasteiger partial charge on any atom is -0.684 e. The number of nitrogens with one attached hydrogen (secondary N) is 1. The van der Waals surface area contributed by atoms with Crippen LogP contribution < -0.4 is 5.32 Å². The molecule has 0 unspecified atom stereocenters. The molecule has 0 bridgehead atoms. The standard InChI is InChI=1S/C16H15F4N2O.Mn/c1-15(2,22-14(23)16(18,19)20)6-5-10-8-11(17)9-13-12(10)4-3-7-21-13;/h8-9H,3-4,7H2,1-2H3,(H,22,23);/q-1;.